The number of hydrogen-bond donors (Lipinski definition) is 1. The van der Waals surface area contributed by atoms with E-state index < -0.39 is 17.9 Å². The van der Waals surface area contributed by atoms with Crippen molar-refractivity contribution in [3.05, 3.63) is 30.1 Å². The van der Waals surface area contributed by atoms with Gasteiger partial charge in [-0.05, 0) is 18.6 Å². The van der Waals surface area contributed by atoms with Crippen molar-refractivity contribution < 1.29 is 18.3 Å². The first kappa shape index (κ1) is 15.7. The van der Waals surface area contributed by atoms with Crippen molar-refractivity contribution in [3.63, 3.8) is 0 Å². The number of aromatic nitrogens is 1. The molecule has 1 atom stereocenters. The Kier molecular flexibility index (Phi) is 5.98. The summed E-state index contributed by atoms with van der Waals surface area (Å²) in [5.41, 5.74) is 5.40. The van der Waals surface area contributed by atoms with Gasteiger partial charge in [0.05, 0.1) is 6.61 Å². The van der Waals surface area contributed by atoms with Crippen molar-refractivity contribution in [3.8, 4) is 0 Å². The Labute approximate surface area is 104 Å². The summed E-state index contributed by atoms with van der Waals surface area (Å²) in [6.07, 6.45) is 2.62. The van der Waals surface area contributed by atoms with Crippen LogP contribution in [0.1, 0.15) is 18.5 Å². The molecule has 0 aliphatic heterocycles. The Morgan fingerprint density at radius 3 is 2.76 bits per heavy atom. The zero-order chi connectivity index (χ0) is 12.2. The maximum absolute atomic E-state index is 13.5. The Hall–Kier alpha value is -1.27. The molecule has 4 nitrogen and oxygen atoms in total. The molecule has 96 valence electrons. The molecule has 0 aromatic carbocycles. The van der Waals surface area contributed by atoms with Crippen LogP contribution in [0.15, 0.2) is 24.5 Å². The number of carbonyl (C=O) groups excluding carboxylic acids is 1. The van der Waals surface area contributed by atoms with Crippen LogP contribution in [0.4, 0.5) is 8.78 Å². The largest absolute Gasteiger partial charge is 0.462 e. The van der Waals surface area contributed by atoms with Gasteiger partial charge in [-0.2, -0.15) is 8.78 Å². The maximum Gasteiger partial charge on any atom is 0.379 e. The van der Waals surface area contributed by atoms with Crippen molar-refractivity contribution in [2.75, 3.05) is 6.61 Å². The van der Waals surface area contributed by atoms with Gasteiger partial charge in [-0.1, -0.05) is 6.07 Å². The van der Waals surface area contributed by atoms with Gasteiger partial charge in [0.2, 0.25) is 0 Å². The molecule has 1 aromatic rings. The molecule has 1 heterocycles. The summed E-state index contributed by atoms with van der Waals surface area (Å²) >= 11 is 0. The normalized spacial score (nSPS) is 12.5. The fraction of sp³-hybridized carbons (Fsp3) is 0.400. The number of ether oxygens (including phenoxy) is 1. The minimum atomic E-state index is -3.75. The lowest BCUT2D eigenvalue weighted by Crippen LogP contribution is -2.41. The summed E-state index contributed by atoms with van der Waals surface area (Å²) in [6, 6.07) is 1.10. The first-order chi connectivity index (χ1) is 7.50. The van der Waals surface area contributed by atoms with Gasteiger partial charge in [0.25, 0.3) is 0 Å². The van der Waals surface area contributed by atoms with E-state index in [1.807, 2.05) is 0 Å². The molecule has 1 aromatic heterocycles. The number of carbonyl (C=O) groups is 1. The molecular weight excluding hydrogens is 254 g/mol. The van der Waals surface area contributed by atoms with Gasteiger partial charge in [-0.3, -0.25) is 4.98 Å². The van der Waals surface area contributed by atoms with E-state index in [2.05, 4.69) is 9.72 Å². The fourth-order valence-electron chi connectivity index (χ4n) is 1.12. The van der Waals surface area contributed by atoms with Crippen LogP contribution in [0, 0.1) is 0 Å². The van der Waals surface area contributed by atoms with Crippen LogP contribution in [0.25, 0.3) is 0 Å². The van der Waals surface area contributed by atoms with Gasteiger partial charge >= 0.3 is 11.9 Å². The minimum Gasteiger partial charge on any atom is -0.462 e. The second kappa shape index (κ2) is 6.46. The van der Waals surface area contributed by atoms with E-state index in [0.717, 1.165) is 0 Å². The zero-order valence-electron chi connectivity index (χ0n) is 9.10. The lowest BCUT2D eigenvalue weighted by molar-refractivity contribution is -0.174. The Balaban J connectivity index is 0.00000256. The monoisotopic (exact) mass is 266 g/mol. The third-order valence-corrected chi connectivity index (χ3v) is 1.98. The SMILES string of the molecule is CCOC(=O)C(F)(F)[C@@H](N)c1cccnc1.Cl. The van der Waals surface area contributed by atoms with Gasteiger partial charge in [-0.15, -0.1) is 12.4 Å². The third kappa shape index (κ3) is 3.61. The van der Waals surface area contributed by atoms with E-state index in [0.29, 0.717) is 0 Å². The van der Waals surface area contributed by atoms with E-state index in [1.54, 1.807) is 0 Å². The van der Waals surface area contributed by atoms with Gasteiger partial charge < -0.3 is 10.5 Å². The number of nitrogens with zero attached hydrogens (tertiary/aromatic N) is 1. The van der Waals surface area contributed by atoms with Crippen LogP contribution < -0.4 is 5.73 Å². The lowest BCUT2D eigenvalue weighted by atomic mass is 10.0. The van der Waals surface area contributed by atoms with Crippen molar-refractivity contribution in [1.29, 1.82) is 0 Å². The Morgan fingerprint density at radius 2 is 2.29 bits per heavy atom. The molecule has 0 radical (unpaired) electrons. The van der Waals surface area contributed by atoms with Crippen molar-refractivity contribution in [2.45, 2.75) is 18.9 Å². The average molecular weight is 267 g/mol. The molecule has 0 bridgehead atoms. The summed E-state index contributed by atoms with van der Waals surface area (Å²) < 4.78 is 31.2. The van der Waals surface area contributed by atoms with Gasteiger partial charge in [0.1, 0.15) is 6.04 Å². The van der Waals surface area contributed by atoms with E-state index in [4.69, 9.17) is 5.73 Å². The van der Waals surface area contributed by atoms with Crippen LogP contribution in [0.2, 0.25) is 0 Å². The highest BCUT2D eigenvalue weighted by Crippen LogP contribution is 2.29. The van der Waals surface area contributed by atoms with Crippen molar-refractivity contribution in [2.24, 2.45) is 5.73 Å². The third-order valence-electron chi connectivity index (χ3n) is 1.98. The smallest absolute Gasteiger partial charge is 0.379 e. The lowest BCUT2D eigenvalue weighted by Gasteiger charge is -2.21. The molecule has 7 heteroatoms. The van der Waals surface area contributed by atoms with E-state index in [9.17, 15) is 13.6 Å². The molecule has 1 rings (SSSR count). The molecule has 17 heavy (non-hydrogen) atoms. The summed E-state index contributed by atoms with van der Waals surface area (Å²) in [6.45, 7) is 1.33. The highest BCUT2D eigenvalue weighted by Gasteiger charge is 2.47. The Morgan fingerprint density at radius 1 is 1.65 bits per heavy atom. The van der Waals surface area contributed by atoms with Crippen LogP contribution >= 0.6 is 12.4 Å². The molecule has 0 unspecified atom stereocenters. The van der Waals surface area contributed by atoms with E-state index in [-0.39, 0.29) is 24.6 Å². The number of rotatable bonds is 4. The second-order valence-corrected chi connectivity index (χ2v) is 3.11. The summed E-state index contributed by atoms with van der Waals surface area (Å²) in [5.74, 6) is -5.37. The molecule has 0 aliphatic rings. The van der Waals surface area contributed by atoms with Crippen LogP contribution in [-0.2, 0) is 9.53 Å². The van der Waals surface area contributed by atoms with Crippen molar-refractivity contribution >= 4 is 18.4 Å². The average Bonchev–Trinajstić information content (AvgIpc) is 2.29. The van der Waals surface area contributed by atoms with E-state index in [1.165, 1.54) is 31.5 Å². The first-order valence-corrected chi connectivity index (χ1v) is 4.70. The number of hydrogen-bond acceptors (Lipinski definition) is 4. The second-order valence-electron chi connectivity index (χ2n) is 3.11. The Bertz CT molecular complexity index is 363. The molecule has 2 N–H and O–H groups in total. The zero-order valence-corrected chi connectivity index (χ0v) is 9.92. The number of alkyl halides is 2. The first-order valence-electron chi connectivity index (χ1n) is 4.70. The molecule has 0 amide bonds. The maximum atomic E-state index is 13.5. The molecule has 0 saturated heterocycles. The number of halogens is 3. The standard InChI is InChI=1S/C10H12F2N2O2.ClH/c1-2-16-9(15)10(11,12)8(13)7-4-3-5-14-6-7;/h3-6,8H,2,13H2,1H3;1H/t8-;/m0./s1. The van der Waals surface area contributed by atoms with Crippen LogP contribution in [0.3, 0.4) is 0 Å². The predicted octanol–water partition coefficient (Wildman–Crippen LogP) is 1.70. The highest BCUT2D eigenvalue weighted by atomic mass is 35.5. The quantitative estimate of drug-likeness (QED) is 0.843. The number of esters is 1. The predicted molar refractivity (Wildman–Crippen MR) is 60.0 cm³/mol. The molecule has 0 saturated carbocycles. The highest BCUT2D eigenvalue weighted by molar-refractivity contribution is 5.85. The summed E-state index contributed by atoms with van der Waals surface area (Å²) in [4.78, 5) is 14.7. The molecular formula is C10H13ClF2N2O2. The van der Waals surface area contributed by atoms with Gasteiger partial charge in [0, 0.05) is 12.4 Å². The van der Waals surface area contributed by atoms with Gasteiger partial charge in [-0.25, -0.2) is 4.79 Å². The number of pyridine rings is 1. The van der Waals surface area contributed by atoms with Gasteiger partial charge in [0.15, 0.2) is 0 Å². The fourth-order valence-corrected chi connectivity index (χ4v) is 1.12. The molecule has 0 spiro atoms. The summed E-state index contributed by atoms with van der Waals surface area (Å²) in [5, 5.41) is 0. The van der Waals surface area contributed by atoms with Crippen LogP contribution in [0.5, 0.6) is 0 Å². The summed E-state index contributed by atoms with van der Waals surface area (Å²) in [7, 11) is 0. The van der Waals surface area contributed by atoms with Crippen molar-refractivity contribution in [1.82, 2.24) is 4.98 Å². The van der Waals surface area contributed by atoms with E-state index >= 15 is 0 Å². The molecule has 0 aliphatic carbocycles. The minimum absolute atomic E-state index is 0. The number of nitrogens with two attached hydrogens (primary N) is 1. The molecule has 0 fully saturated rings. The topological polar surface area (TPSA) is 65.2 Å². The van der Waals surface area contributed by atoms with Crippen LogP contribution in [-0.4, -0.2) is 23.5 Å².